The smallest absolute Gasteiger partial charge is 0.342 e. The number of benzene rings is 1. The van der Waals surface area contributed by atoms with Gasteiger partial charge in [0.15, 0.2) is 0 Å². The Bertz CT molecular complexity index is 1310. The van der Waals surface area contributed by atoms with Gasteiger partial charge in [0, 0.05) is 36.3 Å². The van der Waals surface area contributed by atoms with E-state index in [0.717, 1.165) is 22.6 Å². The molecule has 1 N–H and O–H groups in total. The quantitative estimate of drug-likeness (QED) is 0.598. The summed E-state index contributed by atoms with van der Waals surface area (Å²) in [4.78, 5) is 36.2. The summed E-state index contributed by atoms with van der Waals surface area (Å²) in [5.41, 5.74) is 3.48. The highest BCUT2D eigenvalue weighted by molar-refractivity contribution is 6.18. The van der Waals surface area contributed by atoms with Crippen LogP contribution in [0, 0.1) is 19.7 Å². The Hall–Kier alpha value is -3.42. The molecule has 0 aliphatic carbocycles. The zero-order valence-corrected chi connectivity index (χ0v) is 20.0. The van der Waals surface area contributed by atoms with Gasteiger partial charge in [0.05, 0.1) is 17.4 Å². The van der Waals surface area contributed by atoms with Crippen LogP contribution in [0.15, 0.2) is 24.4 Å². The van der Waals surface area contributed by atoms with E-state index in [2.05, 4.69) is 4.98 Å². The zero-order valence-electron chi connectivity index (χ0n) is 20.0. The number of fused-ring (bicyclic) bond motifs is 3. The topological polar surface area (TPSA) is 80.2 Å². The Morgan fingerprint density at radius 2 is 1.94 bits per heavy atom. The molecule has 3 aromatic rings. The Labute approximate surface area is 192 Å². The molecule has 1 amide bonds. The fraction of sp³-hybridized carbons (Fsp3) is 0.400. The third-order valence-corrected chi connectivity index (χ3v) is 6.07. The van der Waals surface area contributed by atoms with Crippen LogP contribution in [-0.2, 0) is 22.0 Å². The number of ether oxygens (including phenoxy) is 1. The molecule has 8 heteroatoms. The fourth-order valence-electron chi connectivity index (χ4n) is 4.37. The third kappa shape index (κ3) is 3.83. The molecule has 4 rings (SSSR count). The molecule has 3 heterocycles. The Morgan fingerprint density at radius 3 is 2.58 bits per heavy atom. The first kappa shape index (κ1) is 22.8. The molecule has 2 aromatic heterocycles. The second kappa shape index (κ2) is 7.86. The second-order valence-electron chi connectivity index (χ2n) is 9.57. The monoisotopic (exact) mass is 452 g/mol. The summed E-state index contributed by atoms with van der Waals surface area (Å²) >= 11 is 0. The molecule has 0 radical (unpaired) electrons. The van der Waals surface area contributed by atoms with Crippen LogP contribution >= 0.6 is 0 Å². The lowest BCUT2D eigenvalue weighted by Gasteiger charge is -2.29. The van der Waals surface area contributed by atoms with Gasteiger partial charge in [-0.1, -0.05) is 13.8 Å². The lowest BCUT2D eigenvalue weighted by Crippen LogP contribution is -2.37. The number of imidazole rings is 1. The predicted molar refractivity (Wildman–Crippen MR) is 124 cm³/mol. The molecule has 0 atom stereocenters. The van der Waals surface area contributed by atoms with E-state index in [4.69, 9.17) is 9.72 Å². The van der Waals surface area contributed by atoms with Crippen LogP contribution in [0.25, 0.3) is 16.7 Å². The average molecular weight is 453 g/mol. The van der Waals surface area contributed by atoms with E-state index in [1.54, 1.807) is 27.0 Å². The maximum Gasteiger partial charge on any atom is 0.342 e. The van der Waals surface area contributed by atoms with Gasteiger partial charge >= 0.3 is 5.97 Å². The first-order valence-corrected chi connectivity index (χ1v) is 11.0. The summed E-state index contributed by atoms with van der Waals surface area (Å²) in [5.74, 6) is -0.383. The molecule has 33 heavy (non-hydrogen) atoms. The Balaban J connectivity index is 1.91. The van der Waals surface area contributed by atoms with Crippen molar-refractivity contribution in [2.75, 3.05) is 6.54 Å². The van der Waals surface area contributed by atoms with E-state index in [9.17, 15) is 14.0 Å². The molecule has 1 aliphatic heterocycles. The molecule has 7 nitrogen and oxygen atoms in total. The van der Waals surface area contributed by atoms with Gasteiger partial charge in [0.1, 0.15) is 22.8 Å². The molecule has 0 spiro atoms. The van der Waals surface area contributed by atoms with Crippen LogP contribution in [0.2, 0.25) is 0 Å². The van der Waals surface area contributed by atoms with Crippen molar-refractivity contribution in [3.63, 3.8) is 0 Å². The second-order valence-corrected chi connectivity index (χ2v) is 9.57. The highest BCUT2D eigenvalue weighted by Gasteiger charge is 2.39. The van der Waals surface area contributed by atoms with Gasteiger partial charge < -0.3 is 19.2 Å². The summed E-state index contributed by atoms with van der Waals surface area (Å²) in [6, 6.07) is 4.27. The number of aromatic nitrogens is 3. The molecule has 0 bridgehead atoms. The van der Waals surface area contributed by atoms with E-state index in [-0.39, 0.29) is 23.4 Å². The van der Waals surface area contributed by atoms with Crippen molar-refractivity contribution in [1.29, 1.82) is 0 Å². The van der Waals surface area contributed by atoms with Crippen molar-refractivity contribution in [2.24, 2.45) is 7.05 Å². The van der Waals surface area contributed by atoms with Gasteiger partial charge in [-0.05, 0) is 51.5 Å². The van der Waals surface area contributed by atoms with Crippen molar-refractivity contribution in [3.05, 3.63) is 58.4 Å². The van der Waals surface area contributed by atoms with E-state index in [0.29, 0.717) is 23.4 Å². The minimum atomic E-state index is -0.546. The maximum atomic E-state index is 13.8. The summed E-state index contributed by atoms with van der Waals surface area (Å²) in [6.45, 7) is 11.4. The molecule has 0 saturated carbocycles. The number of esters is 1. The van der Waals surface area contributed by atoms with Crippen molar-refractivity contribution in [3.8, 4) is 0 Å². The van der Waals surface area contributed by atoms with Gasteiger partial charge in [-0.2, -0.15) is 0 Å². The van der Waals surface area contributed by atoms with Crippen LogP contribution < -0.4 is 0 Å². The summed E-state index contributed by atoms with van der Waals surface area (Å²) < 4.78 is 21.3. The van der Waals surface area contributed by atoms with E-state index in [1.165, 1.54) is 23.1 Å². The van der Waals surface area contributed by atoms with Crippen molar-refractivity contribution >= 4 is 28.6 Å². The average Bonchev–Trinajstić information content (AvgIpc) is 3.18. The molecule has 174 valence electrons. The summed E-state index contributed by atoms with van der Waals surface area (Å²) in [5, 5.41) is 0. The minimum absolute atomic E-state index is 0.257. The number of H-pyrrole nitrogens is 1. The van der Waals surface area contributed by atoms with Gasteiger partial charge in [-0.25, -0.2) is 14.2 Å². The largest absolute Gasteiger partial charge is 0.459 e. The van der Waals surface area contributed by atoms with Crippen LogP contribution in [0.1, 0.15) is 60.7 Å². The fourth-order valence-corrected chi connectivity index (χ4v) is 4.37. The minimum Gasteiger partial charge on any atom is -0.459 e. The number of aryl methyl sites for hydroxylation is 3. The summed E-state index contributed by atoms with van der Waals surface area (Å²) in [6.07, 6.45) is 1.22. The van der Waals surface area contributed by atoms with Crippen LogP contribution in [0.5, 0.6) is 0 Å². The number of aromatic amines is 1. The first-order valence-electron chi connectivity index (χ1n) is 11.0. The number of carbonyl (C=O) groups excluding carboxylic acids is 2. The van der Waals surface area contributed by atoms with Crippen molar-refractivity contribution in [2.45, 2.75) is 53.1 Å². The molecule has 0 fully saturated rings. The lowest BCUT2D eigenvalue weighted by molar-refractivity contribution is -0.140. The molecule has 0 saturated heterocycles. The van der Waals surface area contributed by atoms with Crippen LogP contribution in [0.4, 0.5) is 4.39 Å². The SMILES string of the molecule is Cc1cc(C(=O)N2C=C(C(=O)OC(C)C)c3[nH]c4c(nc(C)n4C)c3C(C)(C)C2)ccc1F. The van der Waals surface area contributed by atoms with Gasteiger partial charge in [-0.15, -0.1) is 0 Å². The number of carbonyl (C=O) groups is 2. The molecule has 0 unspecified atom stereocenters. The van der Waals surface area contributed by atoms with E-state index >= 15 is 0 Å². The number of hydrogen-bond donors (Lipinski definition) is 1. The standard InChI is InChI=1S/C25H29FN4O3/c1-13(2)33-24(32)17-11-30(23(31)16-8-9-18(26)14(3)10-16)12-25(5,6)19-20(17)28-22-21(19)27-15(4)29(22)7/h8-11,13,28H,12H2,1-7H3. The van der Waals surface area contributed by atoms with Crippen molar-refractivity contribution < 1.29 is 18.7 Å². The number of amides is 1. The molecule has 1 aliphatic rings. The molecular formula is C25H29FN4O3. The first-order chi connectivity index (χ1) is 15.4. The third-order valence-electron chi connectivity index (χ3n) is 6.07. The van der Waals surface area contributed by atoms with E-state index < -0.39 is 11.4 Å². The predicted octanol–water partition coefficient (Wildman–Crippen LogP) is 4.38. The number of halogens is 1. The van der Waals surface area contributed by atoms with Gasteiger partial charge in [-0.3, -0.25) is 4.79 Å². The van der Waals surface area contributed by atoms with Gasteiger partial charge in [0.2, 0.25) is 0 Å². The van der Waals surface area contributed by atoms with Crippen LogP contribution in [-0.4, -0.2) is 44.0 Å². The van der Waals surface area contributed by atoms with E-state index in [1.807, 2.05) is 32.4 Å². The number of nitrogens with zero attached hydrogens (tertiary/aromatic N) is 3. The number of hydrogen-bond acceptors (Lipinski definition) is 4. The van der Waals surface area contributed by atoms with Gasteiger partial charge in [0.25, 0.3) is 5.91 Å². The highest BCUT2D eigenvalue weighted by Crippen LogP contribution is 2.40. The highest BCUT2D eigenvalue weighted by atomic mass is 19.1. The van der Waals surface area contributed by atoms with Crippen molar-refractivity contribution in [1.82, 2.24) is 19.4 Å². The Kier molecular flexibility index (Phi) is 5.42. The molecular weight excluding hydrogens is 423 g/mol. The summed E-state index contributed by atoms with van der Waals surface area (Å²) in [7, 11) is 1.91. The van der Waals surface area contributed by atoms with Crippen LogP contribution in [0.3, 0.4) is 0 Å². The molecule has 1 aromatic carbocycles. The lowest BCUT2D eigenvalue weighted by atomic mass is 9.83. The number of nitrogens with one attached hydrogen (secondary N) is 1. The maximum absolute atomic E-state index is 13.8. The number of rotatable bonds is 3. The zero-order chi connectivity index (χ0) is 24.2. The normalized spacial score (nSPS) is 15.4. The Morgan fingerprint density at radius 1 is 1.24 bits per heavy atom.